The predicted octanol–water partition coefficient (Wildman–Crippen LogP) is 0.397. The molecule has 0 bridgehead atoms. The van der Waals surface area contributed by atoms with Gasteiger partial charge in [-0.05, 0) is 0 Å². The summed E-state index contributed by atoms with van der Waals surface area (Å²) in [6.07, 6.45) is 5.10. The summed E-state index contributed by atoms with van der Waals surface area (Å²) in [5.41, 5.74) is 0.204. The Morgan fingerprint density at radius 3 is 2.47 bits per heavy atom. The molecule has 1 saturated carbocycles. The van der Waals surface area contributed by atoms with Crippen LogP contribution in [0.25, 0.3) is 0 Å². The average Bonchev–Trinajstić information content (AvgIpc) is 3.37. The monoisotopic (exact) mass is 680 g/mol. The first-order valence-electron chi connectivity index (χ1n) is 12.9. The molecular formula is C26H39IN3O6S2-. The summed E-state index contributed by atoms with van der Waals surface area (Å²) in [7, 11) is 1.88. The van der Waals surface area contributed by atoms with E-state index in [-0.39, 0.29) is 12.3 Å². The van der Waals surface area contributed by atoms with Crippen LogP contribution in [0.4, 0.5) is 4.79 Å². The van der Waals surface area contributed by atoms with Gasteiger partial charge in [0.2, 0.25) is 0 Å². The van der Waals surface area contributed by atoms with Crippen molar-refractivity contribution in [1.82, 2.24) is 13.7 Å². The number of hydrogen-bond donors (Lipinski definition) is 2. The second-order valence-electron chi connectivity index (χ2n) is 10.6. The zero-order valence-corrected chi connectivity index (χ0v) is 26.3. The maximum atomic E-state index is 13.3. The molecule has 2 N–H and O–H groups in total. The van der Waals surface area contributed by atoms with Gasteiger partial charge in [-0.3, -0.25) is 0 Å². The summed E-state index contributed by atoms with van der Waals surface area (Å²) in [5, 5.41) is 5.69. The first-order chi connectivity index (χ1) is 18.1. The van der Waals surface area contributed by atoms with Crippen molar-refractivity contribution in [2.75, 3.05) is 24.4 Å². The minimum absolute atomic E-state index is 0.0397. The molecule has 2 aliphatic rings. The molecule has 0 radical (unpaired) electrons. The minimum atomic E-state index is -1.27. The van der Waals surface area contributed by atoms with Crippen LogP contribution < -0.4 is 35.5 Å². The fourth-order valence-corrected chi connectivity index (χ4v) is 11.1. The number of halogens is 1. The van der Waals surface area contributed by atoms with E-state index in [0.717, 1.165) is 37.0 Å². The van der Waals surface area contributed by atoms with E-state index in [1.54, 1.807) is 36.8 Å². The molecule has 3 amide bonds. The third kappa shape index (κ3) is 9.89. The van der Waals surface area contributed by atoms with Gasteiger partial charge in [-0.25, -0.2) is 0 Å². The van der Waals surface area contributed by atoms with E-state index in [1.807, 2.05) is 24.3 Å². The number of nitrogens with one attached hydrogen (secondary N) is 2. The van der Waals surface area contributed by atoms with Crippen LogP contribution in [-0.4, -0.2) is 67.3 Å². The molecular weight excluding hydrogens is 641 g/mol. The second kappa shape index (κ2) is 14.7. The van der Waals surface area contributed by atoms with Gasteiger partial charge in [0.15, 0.2) is 0 Å². The summed E-state index contributed by atoms with van der Waals surface area (Å²) in [4.78, 5) is 39.2. The molecule has 1 aromatic carbocycles. The molecule has 38 heavy (non-hydrogen) atoms. The van der Waals surface area contributed by atoms with Gasteiger partial charge in [0.25, 0.3) is 0 Å². The van der Waals surface area contributed by atoms with Crippen molar-refractivity contribution in [3.8, 4) is 5.75 Å². The molecule has 3 rings (SSSR count). The normalized spacial score (nSPS) is 20.1. The molecule has 3 atom stereocenters. The molecule has 9 nitrogen and oxygen atoms in total. The number of rotatable bonds is 10. The Kier molecular flexibility index (Phi) is 12.0. The van der Waals surface area contributed by atoms with Crippen molar-refractivity contribution >= 4 is 37.6 Å². The van der Waals surface area contributed by atoms with Crippen LogP contribution in [0.1, 0.15) is 58.4 Å². The topological polar surface area (TPSA) is 114 Å². The Hall–Kier alpha value is -1.54. The Labute approximate surface area is 241 Å². The summed E-state index contributed by atoms with van der Waals surface area (Å²) < 4.78 is 25.3. The number of ether oxygens (including phenoxy) is 2. The van der Waals surface area contributed by atoms with Crippen LogP contribution in [0.3, 0.4) is 0 Å². The van der Waals surface area contributed by atoms with Crippen LogP contribution in [0.2, 0.25) is 0 Å². The van der Waals surface area contributed by atoms with E-state index in [2.05, 4.69) is 10.6 Å². The van der Waals surface area contributed by atoms with Crippen LogP contribution in [0, 0.1) is 5.92 Å². The summed E-state index contributed by atoms with van der Waals surface area (Å²) >= 11 is -0.762. The molecule has 12 heteroatoms. The van der Waals surface area contributed by atoms with Crippen molar-refractivity contribution in [3.05, 3.63) is 29.8 Å². The Bertz CT molecular complexity index is 982. The van der Waals surface area contributed by atoms with Crippen LogP contribution in [-0.2, 0) is 31.7 Å². The zero-order chi connectivity index (χ0) is 27.7. The fourth-order valence-electron chi connectivity index (χ4n) is 4.27. The van der Waals surface area contributed by atoms with Gasteiger partial charge >= 0.3 is 231 Å². The molecule has 1 aromatic rings. The quantitative estimate of drug-likeness (QED) is 0.272. The van der Waals surface area contributed by atoms with E-state index in [1.165, 1.54) is 9.53 Å². The Balaban J connectivity index is 1.66. The maximum absolute atomic E-state index is 13.3. The summed E-state index contributed by atoms with van der Waals surface area (Å²) in [5.74, 6) is 1.32. The van der Waals surface area contributed by atoms with E-state index >= 15 is 0 Å². The van der Waals surface area contributed by atoms with Gasteiger partial charge in [0.05, 0.1) is 7.11 Å². The van der Waals surface area contributed by atoms with Crippen LogP contribution >= 0.6 is 8.93 Å². The standard InChI is InChI=1S/C26H39IN3O6S2/c1-26(2,3)36-25(33)30-22(15-37-27-30)24(32)29-21(17-38(34)16-19-8-6-5-7-9-19)23(31)28-14-18-10-12-20(35-4)13-11-18/h10-13,19,21-22H,5-9,14-17H2,1-4H3,(H,28,31)(H,29,32)/q-1/t21-,22-,38?/m0/s1. The van der Waals surface area contributed by atoms with Crippen molar-refractivity contribution in [3.63, 3.8) is 0 Å². The molecule has 1 aliphatic heterocycles. The zero-order valence-electron chi connectivity index (χ0n) is 22.5. The van der Waals surface area contributed by atoms with Crippen LogP contribution in [0.15, 0.2) is 24.3 Å². The van der Waals surface area contributed by atoms with E-state index < -0.39 is 66.5 Å². The Morgan fingerprint density at radius 1 is 1.16 bits per heavy atom. The number of hydrogen-bond acceptors (Lipinski definition) is 7. The molecule has 0 aromatic heterocycles. The number of amides is 3. The predicted molar refractivity (Wildman–Crippen MR) is 146 cm³/mol. The van der Waals surface area contributed by atoms with E-state index in [9.17, 15) is 18.6 Å². The molecule has 1 heterocycles. The molecule has 1 unspecified atom stereocenters. The molecule has 2 fully saturated rings. The fraction of sp³-hybridized carbons (Fsp3) is 0.654. The second-order valence-corrected chi connectivity index (χ2v) is 16.9. The van der Waals surface area contributed by atoms with Gasteiger partial charge in [0, 0.05) is 0 Å². The third-order valence-corrected chi connectivity index (χ3v) is 12.7. The van der Waals surface area contributed by atoms with Gasteiger partial charge in [-0.15, -0.1) is 0 Å². The molecule has 1 aliphatic carbocycles. The number of benzene rings is 1. The third-order valence-electron chi connectivity index (χ3n) is 6.25. The molecule has 214 valence electrons. The van der Waals surface area contributed by atoms with Crippen molar-refractivity contribution in [2.45, 2.75) is 77.1 Å². The first kappa shape index (κ1) is 31.0. The summed E-state index contributed by atoms with van der Waals surface area (Å²) in [6.45, 7) is 5.62. The molecule has 1 saturated heterocycles. The number of nitrogens with zero attached hydrogens (tertiary/aromatic N) is 1. The van der Waals surface area contributed by atoms with Gasteiger partial charge in [0.1, 0.15) is 0 Å². The SMILES string of the molecule is COc1ccc(CNC(=O)[C@H](CS(=O)CC2CCCCC2)NC(=O)[C@@H]2CS[I-]N2C(=O)OC(C)(C)C)cc1. The van der Waals surface area contributed by atoms with Crippen molar-refractivity contribution < 1.29 is 48.2 Å². The van der Waals surface area contributed by atoms with Crippen LogP contribution in [0.5, 0.6) is 5.75 Å². The number of carbonyl (C=O) groups is 3. The average molecular weight is 681 g/mol. The molecule has 0 spiro atoms. The van der Waals surface area contributed by atoms with Gasteiger partial charge in [-0.1, -0.05) is 0 Å². The van der Waals surface area contributed by atoms with Crippen molar-refractivity contribution in [1.29, 1.82) is 0 Å². The number of carbonyl (C=O) groups excluding carboxylic acids is 3. The summed E-state index contributed by atoms with van der Waals surface area (Å²) in [6, 6.07) is 5.65. The van der Waals surface area contributed by atoms with E-state index in [4.69, 9.17) is 9.47 Å². The number of methoxy groups -OCH3 is 1. The van der Waals surface area contributed by atoms with E-state index in [0.29, 0.717) is 17.4 Å². The van der Waals surface area contributed by atoms with Gasteiger partial charge in [-0.2, -0.15) is 0 Å². The first-order valence-corrected chi connectivity index (χ1v) is 18.9. The van der Waals surface area contributed by atoms with Crippen molar-refractivity contribution in [2.24, 2.45) is 5.92 Å². The van der Waals surface area contributed by atoms with Gasteiger partial charge < -0.3 is 4.74 Å². The Morgan fingerprint density at radius 2 is 1.84 bits per heavy atom.